The maximum atomic E-state index is 12.3. The molecule has 0 amide bonds. The van der Waals surface area contributed by atoms with E-state index in [0.717, 1.165) is 23.1 Å². The third kappa shape index (κ3) is 5.67. The molecule has 1 aromatic carbocycles. The van der Waals surface area contributed by atoms with Crippen LogP contribution in [0.15, 0.2) is 16.6 Å². The van der Waals surface area contributed by atoms with E-state index in [2.05, 4.69) is 35.1 Å². The zero-order valence-electron chi connectivity index (χ0n) is 12.3. The van der Waals surface area contributed by atoms with Crippen LogP contribution in [0, 0.1) is 5.92 Å². The Kier molecular flexibility index (Phi) is 7.92. The van der Waals surface area contributed by atoms with E-state index < -0.39 is 6.67 Å². The van der Waals surface area contributed by atoms with Crippen molar-refractivity contribution in [1.29, 1.82) is 0 Å². The van der Waals surface area contributed by atoms with Gasteiger partial charge in [-0.25, -0.2) is 4.39 Å². The topological polar surface area (TPSA) is 30.5 Å². The molecule has 0 heterocycles. The van der Waals surface area contributed by atoms with Gasteiger partial charge in [0.2, 0.25) is 0 Å². The van der Waals surface area contributed by atoms with Crippen molar-refractivity contribution in [2.24, 2.45) is 5.92 Å². The van der Waals surface area contributed by atoms with Gasteiger partial charge in [-0.1, -0.05) is 13.8 Å². The Morgan fingerprint density at radius 3 is 2.65 bits per heavy atom. The van der Waals surface area contributed by atoms with Crippen LogP contribution in [-0.2, 0) is 6.54 Å². The summed E-state index contributed by atoms with van der Waals surface area (Å²) >= 11 is 3.46. The second-order valence-electron chi connectivity index (χ2n) is 4.90. The van der Waals surface area contributed by atoms with E-state index in [9.17, 15) is 4.39 Å². The summed E-state index contributed by atoms with van der Waals surface area (Å²) in [5.41, 5.74) is 1.11. The first kappa shape index (κ1) is 17.2. The summed E-state index contributed by atoms with van der Waals surface area (Å²) in [6.45, 7) is 8.03. The second-order valence-corrected chi connectivity index (χ2v) is 5.75. The molecular weight excluding hydrogens is 325 g/mol. The number of hydrogen-bond donors (Lipinski definition) is 1. The number of halogens is 2. The van der Waals surface area contributed by atoms with Gasteiger partial charge in [0.1, 0.15) is 13.3 Å². The molecule has 1 rings (SSSR count). The van der Waals surface area contributed by atoms with Crippen molar-refractivity contribution in [2.75, 3.05) is 26.4 Å². The molecule has 20 heavy (non-hydrogen) atoms. The Labute approximate surface area is 129 Å². The van der Waals surface area contributed by atoms with Crippen LogP contribution in [0.2, 0.25) is 0 Å². The van der Waals surface area contributed by atoms with Crippen LogP contribution >= 0.6 is 15.9 Å². The van der Waals surface area contributed by atoms with Crippen molar-refractivity contribution in [1.82, 2.24) is 5.32 Å². The largest absolute Gasteiger partial charge is 0.490 e. The predicted molar refractivity (Wildman–Crippen MR) is 83.3 cm³/mol. The summed E-state index contributed by atoms with van der Waals surface area (Å²) in [6.07, 6.45) is 0. The van der Waals surface area contributed by atoms with Crippen molar-refractivity contribution in [3.63, 3.8) is 0 Å². The van der Waals surface area contributed by atoms with Crippen LogP contribution in [0.4, 0.5) is 4.39 Å². The van der Waals surface area contributed by atoms with E-state index in [1.807, 2.05) is 19.1 Å². The standard InChI is InChI=1S/C15H23BrFNO2/c1-4-19-14-8-12(10-18-9-11(2)3)7-13(16)15(14)20-6-5-17/h7-8,11,18H,4-6,9-10H2,1-3H3. The molecular formula is C15H23BrFNO2. The minimum atomic E-state index is -0.518. The van der Waals surface area contributed by atoms with Gasteiger partial charge in [-0.2, -0.15) is 0 Å². The van der Waals surface area contributed by atoms with Crippen LogP contribution in [0.3, 0.4) is 0 Å². The maximum Gasteiger partial charge on any atom is 0.175 e. The summed E-state index contributed by atoms with van der Waals surface area (Å²) in [5, 5.41) is 3.38. The fourth-order valence-electron chi connectivity index (χ4n) is 1.77. The summed E-state index contributed by atoms with van der Waals surface area (Å²) in [5.74, 6) is 1.82. The lowest BCUT2D eigenvalue weighted by molar-refractivity contribution is 0.250. The van der Waals surface area contributed by atoms with E-state index in [1.54, 1.807) is 0 Å². The molecule has 0 atom stereocenters. The molecule has 0 aliphatic carbocycles. The number of nitrogens with one attached hydrogen (secondary N) is 1. The van der Waals surface area contributed by atoms with Crippen molar-refractivity contribution < 1.29 is 13.9 Å². The Morgan fingerprint density at radius 1 is 1.30 bits per heavy atom. The van der Waals surface area contributed by atoms with Gasteiger partial charge in [0.05, 0.1) is 11.1 Å². The van der Waals surface area contributed by atoms with E-state index in [1.165, 1.54) is 0 Å². The minimum Gasteiger partial charge on any atom is -0.490 e. The monoisotopic (exact) mass is 347 g/mol. The first-order valence-electron chi connectivity index (χ1n) is 6.93. The van der Waals surface area contributed by atoms with Crippen molar-refractivity contribution >= 4 is 15.9 Å². The second kappa shape index (κ2) is 9.19. The molecule has 0 radical (unpaired) electrons. The van der Waals surface area contributed by atoms with Gasteiger partial charge < -0.3 is 14.8 Å². The molecule has 0 saturated carbocycles. The van der Waals surface area contributed by atoms with E-state index in [4.69, 9.17) is 9.47 Å². The smallest absolute Gasteiger partial charge is 0.175 e. The average Bonchev–Trinajstić information content (AvgIpc) is 2.38. The summed E-state index contributed by atoms with van der Waals surface area (Å²) in [6, 6.07) is 3.92. The predicted octanol–water partition coefficient (Wildman–Crippen LogP) is 3.94. The highest BCUT2D eigenvalue weighted by Crippen LogP contribution is 2.37. The van der Waals surface area contributed by atoms with Crippen LogP contribution in [0.5, 0.6) is 11.5 Å². The Hall–Kier alpha value is -0.810. The third-order valence-corrected chi connectivity index (χ3v) is 3.16. The number of rotatable bonds is 9. The lowest BCUT2D eigenvalue weighted by Crippen LogP contribution is -2.19. The molecule has 0 saturated heterocycles. The maximum absolute atomic E-state index is 12.3. The number of benzene rings is 1. The van der Waals surface area contributed by atoms with E-state index in [-0.39, 0.29) is 6.61 Å². The number of ether oxygens (including phenoxy) is 2. The van der Waals surface area contributed by atoms with Gasteiger partial charge in [0.15, 0.2) is 11.5 Å². The summed E-state index contributed by atoms with van der Waals surface area (Å²) < 4.78 is 24.0. The Balaban J connectivity index is 2.82. The van der Waals surface area contributed by atoms with E-state index in [0.29, 0.717) is 24.0 Å². The molecule has 0 aliphatic rings. The number of hydrogen-bond acceptors (Lipinski definition) is 3. The molecule has 0 fully saturated rings. The highest BCUT2D eigenvalue weighted by molar-refractivity contribution is 9.10. The summed E-state index contributed by atoms with van der Waals surface area (Å²) in [4.78, 5) is 0. The van der Waals surface area contributed by atoms with Crippen LogP contribution in [0.1, 0.15) is 26.3 Å². The van der Waals surface area contributed by atoms with Gasteiger partial charge >= 0.3 is 0 Å². The molecule has 0 unspecified atom stereocenters. The van der Waals surface area contributed by atoms with Gasteiger partial charge in [0.25, 0.3) is 0 Å². The van der Waals surface area contributed by atoms with E-state index >= 15 is 0 Å². The summed E-state index contributed by atoms with van der Waals surface area (Å²) in [7, 11) is 0. The van der Waals surface area contributed by atoms with Gasteiger partial charge in [-0.05, 0) is 53.0 Å². The Bertz CT molecular complexity index is 413. The molecule has 114 valence electrons. The molecule has 1 N–H and O–H groups in total. The fraction of sp³-hybridized carbons (Fsp3) is 0.600. The van der Waals surface area contributed by atoms with Gasteiger partial charge in [-0.3, -0.25) is 0 Å². The first-order valence-corrected chi connectivity index (χ1v) is 7.72. The normalized spacial score (nSPS) is 10.9. The fourth-order valence-corrected chi connectivity index (χ4v) is 2.38. The minimum absolute atomic E-state index is 0.0314. The molecule has 0 bridgehead atoms. The average molecular weight is 348 g/mol. The number of alkyl halides is 1. The molecule has 5 heteroatoms. The van der Waals surface area contributed by atoms with Gasteiger partial charge in [0, 0.05) is 6.54 Å². The van der Waals surface area contributed by atoms with Crippen LogP contribution in [0.25, 0.3) is 0 Å². The Morgan fingerprint density at radius 2 is 2.05 bits per heavy atom. The molecule has 0 aromatic heterocycles. The highest BCUT2D eigenvalue weighted by atomic mass is 79.9. The molecule has 0 spiro atoms. The first-order chi connectivity index (χ1) is 9.58. The van der Waals surface area contributed by atoms with Gasteiger partial charge in [-0.15, -0.1) is 0 Å². The molecule has 0 aliphatic heterocycles. The highest BCUT2D eigenvalue weighted by Gasteiger charge is 2.12. The van der Waals surface area contributed by atoms with Crippen molar-refractivity contribution in [3.05, 3.63) is 22.2 Å². The van der Waals surface area contributed by atoms with Crippen LogP contribution in [-0.4, -0.2) is 26.4 Å². The molecule has 1 aromatic rings. The lowest BCUT2D eigenvalue weighted by atomic mass is 10.2. The lowest BCUT2D eigenvalue weighted by Gasteiger charge is -2.15. The third-order valence-electron chi connectivity index (χ3n) is 2.57. The zero-order valence-corrected chi connectivity index (χ0v) is 13.9. The SMILES string of the molecule is CCOc1cc(CNCC(C)C)cc(Br)c1OCCF. The zero-order chi connectivity index (χ0) is 15.0. The van der Waals surface area contributed by atoms with Crippen LogP contribution < -0.4 is 14.8 Å². The van der Waals surface area contributed by atoms with Crippen molar-refractivity contribution in [3.8, 4) is 11.5 Å². The quantitative estimate of drug-likeness (QED) is 0.733. The molecule has 3 nitrogen and oxygen atoms in total. The van der Waals surface area contributed by atoms with Crippen molar-refractivity contribution in [2.45, 2.75) is 27.3 Å².